The molecule has 0 aromatic carbocycles. The number of nitrogens with zero attached hydrogens (tertiary/aromatic N) is 2. The average Bonchev–Trinajstić information content (AvgIpc) is 2.91. The lowest BCUT2D eigenvalue weighted by atomic mass is 10.3. The number of hydrogen-bond acceptors (Lipinski definition) is 5. The minimum absolute atomic E-state index is 0.837. The van der Waals surface area contributed by atoms with Crippen molar-refractivity contribution in [2.45, 2.75) is 20.0 Å². The zero-order valence-electron chi connectivity index (χ0n) is 10.5. The maximum Gasteiger partial charge on any atom is 0.0565 e. The topological polar surface area (TPSA) is 54.2 Å². The number of hydrogen-bond donors (Lipinski definition) is 2. The van der Waals surface area contributed by atoms with Gasteiger partial charge >= 0.3 is 0 Å². The number of aromatic nitrogens is 1. The van der Waals surface area contributed by atoms with Crippen molar-refractivity contribution in [2.24, 2.45) is 5.84 Å². The van der Waals surface area contributed by atoms with Gasteiger partial charge in [-0.1, -0.05) is 13.0 Å². The van der Waals surface area contributed by atoms with Crippen LogP contribution in [0.1, 0.15) is 17.5 Å². The second-order valence-corrected chi connectivity index (χ2v) is 5.10. The first kappa shape index (κ1) is 13.0. The molecular formula is C13H18N4S. The lowest BCUT2D eigenvalue weighted by Gasteiger charge is -2.19. The number of nitrogens with one attached hydrogen (secondary N) is 1. The highest BCUT2D eigenvalue weighted by Gasteiger charge is 2.07. The van der Waals surface area contributed by atoms with Crippen LogP contribution in [0.5, 0.6) is 0 Å². The Morgan fingerprint density at radius 3 is 2.94 bits per heavy atom. The summed E-state index contributed by atoms with van der Waals surface area (Å²) in [5.41, 5.74) is 4.57. The van der Waals surface area contributed by atoms with Gasteiger partial charge in [0.05, 0.1) is 11.4 Å². The summed E-state index contributed by atoms with van der Waals surface area (Å²) in [6, 6.07) is 8.10. The molecule has 0 fully saturated rings. The van der Waals surface area contributed by atoms with Crippen LogP contribution >= 0.6 is 11.3 Å². The minimum atomic E-state index is 0.837. The SMILES string of the molecule is CCN(Cc1cc(NN)ccn1)Cc1cccs1. The molecule has 2 aromatic rings. The second-order valence-electron chi connectivity index (χ2n) is 4.06. The third kappa shape index (κ3) is 3.53. The van der Waals surface area contributed by atoms with Gasteiger partial charge in [-0.15, -0.1) is 11.3 Å². The quantitative estimate of drug-likeness (QED) is 0.620. The highest BCUT2D eigenvalue weighted by molar-refractivity contribution is 7.09. The summed E-state index contributed by atoms with van der Waals surface area (Å²) in [5, 5.41) is 2.11. The van der Waals surface area contributed by atoms with Gasteiger partial charge in [-0.05, 0) is 30.1 Å². The van der Waals surface area contributed by atoms with Crippen LogP contribution in [-0.4, -0.2) is 16.4 Å². The van der Waals surface area contributed by atoms with Crippen LogP contribution in [0.2, 0.25) is 0 Å². The van der Waals surface area contributed by atoms with Crippen molar-refractivity contribution >= 4 is 17.0 Å². The molecule has 96 valence electrons. The molecule has 2 heterocycles. The summed E-state index contributed by atoms with van der Waals surface area (Å²) in [6.45, 7) is 4.97. The van der Waals surface area contributed by atoms with Crippen LogP contribution in [0.4, 0.5) is 5.69 Å². The van der Waals surface area contributed by atoms with Gasteiger partial charge in [-0.25, -0.2) is 0 Å². The fourth-order valence-corrected chi connectivity index (χ4v) is 2.53. The molecule has 0 aliphatic heterocycles. The zero-order chi connectivity index (χ0) is 12.8. The molecule has 5 heteroatoms. The Bertz CT molecular complexity index is 470. The Hall–Kier alpha value is -1.43. The van der Waals surface area contributed by atoms with Gasteiger partial charge in [0, 0.05) is 24.2 Å². The zero-order valence-corrected chi connectivity index (χ0v) is 11.3. The standard InChI is InChI=1S/C13H18N4S/c1-2-17(10-13-4-3-7-18-13)9-12-8-11(16-14)5-6-15-12/h3-8H,2,9-10,14H2,1H3,(H,15,16). The summed E-state index contributed by atoms with van der Waals surface area (Å²) < 4.78 is 0. The van der Waals surface area contributed by atoms with Crippen LogP contribution in [0.25, 0.3) is 0 Å². The molecule has 0 amide bonds. The molecule has 0 saturated carbocycles. The van der Waals surface area contributed by atoms with Gasteiger partial charge < -0.3 is 5.43 Å². The Morgan fingerprint density at radius 1 is 1.39 bits per heavy atom. The van der Waals surface area contributed by atoms with Crippen molar-refractivity contribution in [2.75, 3.05) is 12.0 Å². The number of nitrogens with two attached hydrogens (primary N) is 1. The van der Waals surface area contributed by atoms with Crippen LogP contribution in [-0.2, 0) is 13.1 Å². The summed E-state index contributed by atoms with van der Waals surface area (Å²) in [7, 11) is 0. The number of rotatable bonds is 6. The molecule has 0 spiro atoms. The van der Waals surface area contributed by atoms with E-state index < -0.39 is 0 Å². The minimum Gasteiger partial charge on any atom is -0.324 e. The van der Waals surface area contributed by atoms with Gasteiger partial charge in [-0.3, -0.25) is 15.7 Å². The third-order valence-corrected chi connectivity index (χ3v) is 3.64. The molecule has 3 N–H and O–H groups in total. The van der Waals surface area contributed by atoms with Gasteiger partial charge in [0.2, 0.25) is 0 Å². The summed E-state index contributed by atoms with van der Waals surface area (Å²) in [5.74, 6) is 5.40. The maximum absolute atomic E-state index is 5.40. The Labute approximate surface area is 111 Å². The number of hydrazine groups is 1. The fraction of sp³-hybridized carbons (Fsp3) is 0.308. The molecule has 0 saturated heterocycles. The second kappa shape index (κ2) is 6.49. The predicted molar refractivity (Wildman–Crippen MR) is 76.2 cm³/mol. The molecule has 18 heavy (non-hydrogen) atoms. The molecule has 0 aliphatic rings. The van der Waals surface area contributed by atoms with E-state index in [0.29, 0.717) is 0 Å². The predicted octanol–water partition coefficient (Wildman–Crippen LogP) is 2.45. The smallest absolute Gasteiger partial charge is 0.0565 e. The number of pyridine rings is 1. The van der Waals surface area contributed by atoms with Crippen molar-refractivity contribution < 1.29 is 0 Å². The molecule has 0 unspecified atom stereocenters. The van der Waals surface area contributed by atoms with E-state index in [1.807, 2.05) is 12.1 Å². The Morgan fingerprint density at radius 2 is 2.28 bits per heavy atom. The average molecular weight is 262 g/mol. The number of anilines is 1. The first-order valence-electron chi connectivity index (χ1n) is 5.98. The number of nitrogen functional groups attached to an aromatic ring is 1. The van der Waals surface area contributed by atoms with E-state index >= 15 is 0 Å². The molecule has 0 bridgehead atoms. The van der Waals surface area contributed by atoms with Crippen LogP contribution < -0.4 is 11.3 Å². The number of thiophene rings is 1. The van der Waals surface area contributed by atoms with Gasteiger partial charge in [-0.2, -0.15) is 0 Å². The highest BCUT2D eigenvalue weighted by Crippen LogP contribution is 2.14. The third-order valence-electron chi connectivity index (χ3n) is 2.78. The van der Waals surface area contributed by atoms with Crippen LogP contribution in [0, 0.1) is 0 Å². The largest absolute Gasteiger partial charge is 0.324 e. The fourth-order valence-electron chi connectivity index (χ4n) is 1.79. The Kier molecular flexibility index (Phi) is 4.69. The lowest BCUT2D eigenvalue weighted by Crippen LogP contribution is -2.22. The first-order chi connectivity index (χ1) is 8.81. The van der Waals surface area contributed by atoms with Gasteiger partial charge in [0.15, 0.2) is 0 Å². The summed E-state index contributed by atoms with van der Waals surface area (Å²) >= 11 is 1.79. The van der Waals surface area contributed by atoms with E-state index in [-0.39, 0.29) is 0 Å². The molecular weight excluding hydrogens is 244 g/mol. The van der Waals surface area contributed by atoms with Gasteiger partial charge in [0.25, 0.3) is 0 Å². The van der Waals surface area contributed by atoms with Crippen molar-refractivity contribution in [3.05, 3.63) is 46.4 Å². The van der Waals surface area contributed by atoms with E-state index in [1.165, 1.54) is 4.88 Å². The molecule has 0 aliphatic carbocycles. The Balaban J connectivity index is 2.00. The highest BCUT2D eigenvalue weighted by atomic mass is 32.1. The van der Waals surface area contributed by atoms with Crippen LogP contribution in [0.15, 0.2) is 35.8 Å². The van der Waals surface area contributed by atoms with E-state index in [2.05, 4.69) is 39.7 Å². The monoisotopic (exact) mass is 262 g/mol. The van der Waals surface area contributed by atoms with E-state index in [4.69, 9.17) is 5.84 Å². The maximum atomic E-state index is 5.40. The summed E-state index contributed by atoms with van der Waals surface area (Å²) in [4.78, 5) is 8.11. The van der Waals surface area contributed by atoms with Crippen molar-refractivity contribution in [1.82, 2.24) is 9.88 Å². The molecule has 2 aromatic heterocycles. The van der Waals surface area contributed by atoms with E-state index in [0.717, 1.165) is 31.0 Å². The van der Waals surface area contributed by atoms with E-state index in [1.54, 1.807) is 17.5 Å². The first-order valence-corrected chi connectivity index (χ1v) is 6.86. The normalized spacial score (nSPS) is 10.8. The lowest BCUT2D eigenvalue weighted by molar-refractivity contribution is 0.270. The van der Waals surface area contributed by atoms with Crippen molar-refractivity contribution in [3.63, 3.8) is 0 Å². The molecule has 0 radical (unpaired) electrons. The van der Waals surface area contributed by atoms with Crippen LogP contribution in [0.3, 0.4) is 0 Å². The molecule has 2 rings (SSSR count). The summed E-state index contributed by atoms with van der Waals surface area (Å²) in [6.07, 6.45) is 1.78. The molecule has 4 nitrogen and oxygen atoms in total. The van der Waals surface area contributed by atoms with Gasteiger partial charge in [0.1, 0.15) is 0 Å². The van der Waals surface area contributed by atoms with Crippen molar-refractivity contribution in [1.29, 1.82) is 0 Å². The van der Waals surface area contributed by atoms with Crippen molar-refractivity contribution in [3.8, 4) is 0 Å². The van der Waals surface area contributed by atoms with E-state index in [9.17, 15) is 0 Å². The molecule has 0 atom stereocenters.